The summed E-state index contributed by atoms with van der Waals surface area (Å²) in [7, 11) is -16.6. The van der Waals surface area contributed by atoms with Gasteiger partial charge >= 0.3 is 29.4 Å². The maximum Gasteiger partial charge on any atom is 0.490 e. The van der Waals surface area contributed by atoms with Gasteiger partial charge in [0.15, 0.2) is 17.4 Å². The molecule has 0 spiro atoms. The number of carbonyl (C=O) groups excluding carboxylic acids is 1. The van der Waals surface area contributed by atoms with Gasteiger partial charge in [0, 0.05) is 13.3 Å². The smallest absolute Gasteiger partial charge is 0.458 e. The lowest BCUT2D eigenvalue weighted by atomic mass is 10.2. The number of nitrogen functional groups attached to an aromatic ring is 1. The quantitative estimate of drug-likeness (QED) is 0.166. The fourth-order valence-electron chi connectivity index (χ4n) is 3.00. The van der Waals surface area contributed by atoms with Crippen LogP contribution in [0.1, 0.15) is 19.6 Å². The molecule has 0 saturated carbocycles. The Morgan fingerprint density at radius 1 is 1.26 bits per heavy atom. The lowest BCUT2D eigenvalue weighted by Gasteiger charge is -2.20. The van der Waals surface area contributed by atoms with Crippen LogP contribution in [-0.4, -0.2) is 63.9 Å². The van der Waals surface area contributed by atoms with Crippen LogP contribution in [0.5, 0.6) is 0 Å². The van der Waals surface area contributed by atoms with Crippen molar-refractivity contribution in [2.24, 2.45) is 0 Å². The van der Waals surface area contributed by atoms with E-state index in [9.17, 15) is 33.1 Å². The number of anilines is 1. The van der Waals surface area contributed by atoms with Crippen molar-refractivity contribution in [2.45, 2.75) is 31.8 Å². The van der Waals surface area contributed by atoms with Crippen molar-refractivity contribution in [3.8, 4) is 0 Å². The second-order valence-corrected chi connectivity index (χ2v) is 11.1. The van der Waals surface area contributed by atoms with E-state index in [1.165, 1.54) is 4.57 Å². The summed E-state index contributed by atoms with van der Waals surface area (Å²) in [6.45, 7) is 0.337. The maximum absolute atomic E-state index is 12.0. The summed E-state index contributed by atoms with van der Waals surface area (Å²) in [4.78, 5) is 69.5. The van der Waals surface area contributed by atoms with Gasteiger partial charge in [-0.2, -0.15) is 13.6 Å². The number of esters is 1. The second kappa shape index (κ2) is 9.56. The standard InChI is InChI=1S/C12H18N5O14P3/c1-5(18)28-7-2-6(3-27-33(23,24)31-34(25,26)30-32(20,21)22)29-11(7)17-4-14-8-9(17)15-12(13)16-10(8)19/h4,6-7,11H,2-3H2,1H3,(H,23,24)(H,25,26)(H2,20,21,22)(H3,13,15,16,19)/t6-,7+,11+/m0/s1. The molecule has 0 radical (unpaired) electrons. The molecule has 1 aliphatic heterocycles. The number of aromatic amines is 1. The number of carbonyl (C=O) groups is 1. The number of phosphoric acid groups is 3. The minimum atomic E-state index is -5.69. The molecular weight excluding hydrogens is 531 g/mol. The number of hydrogen-bond acceptors (Lipinski definition) is 13. The van der Waals surface area contributed by atoms with Crippen molar-refractivity contribution < 1.29 is 60.7 Å². The number of hydrogen-bond donors (Lipinski definition) is 6. The van der Waals surface area contributed by atoms with Crippen molar-refractivity contribution in [3.63, 3.8) is 0 Å². The molecule has 7 N–H and O–H groups in total. The number of imidazole rings is 1. The Balaban J connectivity index is 1.76. The van der Waals surface area contributed by atoms with Gasteiger partial charge in [-0.3, -0.25) is 23.7 Å². The molecule has 5 atom stereocenters. The van der Waals surface area contributed by atoms with Gasteiger partial charge in [-0.25, -0.2) is 18.7 Å². The summed E-state index contributed by atoms with van der Waals surface area (Å²) >= 11 is 0. The van der Waals surface area contributed by atoms with Gasteiger partial charge < -0.3 is 34.8 Å². The number of H-pyrrole nitrogens is 1. The van der Waals surface area contributed by atoms with E-state index < -0.39 is 60.0 Å². The first kappa shape index (κ1) is 26.6. The van der Waals surface area contributed by atoms with Crippen molar-refractivity contribution in [1.82, 2.24) is 19.5 Å². The van der Waals surface area contributed by atoms with Crippen LogP contribution in [0.15, 0.2) is 11.1 Å². The van der Waals surface area contributed by atoms with Crippen molar-refractivity contribution in [1.29, 1.82) is 0 Å². The van der Waals surface area contributed by atoms with Crippen LogP contribution in [0.4, 0.5) is 5.95 Å². The summed E-state index contributed by atoms with van der Waals surface area (Å²) in [6.07, 6.45) is -2.21. The third-order valence-electron chi connectivity index (χ3n) is 4.03. The number of aromatic nitrogens is 4. The zero-order chi connectivity index (χ0) is 25.5. The SMILES string of the molecule is CC(=O)O[C@@H]1C[C@@H](COP(=O)(O)OP(=O)(O)OP(=O)(O)O)O[C@H]1n1cnc2c(=O)[nH]c(N)nc21. The van der Waals surface area contributed by atoms with Gasteiger partial charge in [0.1, 0.15) is 6.10 Å². The van der Waals surface area contributed by atoms with Gasteiger partial charge in [-0.15, -0.1) is 0 Å². The molecular formula is C12H18N5O14P3. The van der Waals surface area contributed by atoms with E-state index in [-0.39, 0.29) is 23.5 Å². The van der Waals surface area contributed by atoms with Gasteiger partial charge in [0.05, 0.1) is 19.0 Å². The summed E-state index contributed by atoms with van der Waals surface area (Å²) in [5.41, 5.74) is 4.79. The van der Waals surface area contributed by atoms with Gasteiger partial charge in [0.2, 0.25) is 5.95 Å². The van der Waals surface area contributed by atoms with E-state index in [1.807, 2.05) is 0 Å². The Bertz CT molecular complexity index is 1290. The van der Waals surface area contributed by atoms with Crippen molar-refractivity contribution >= 4 is 46.5 Å². The van der Waals surface area contributed by atoms with E-state index in [1.54, 1.807) is 0 Å². The molecule has 22 heteroatoms. The molecule has 0 amide bonds. The summed E-state index contributed by atoms with van der Waals surface area (Å²) in [5, 5.41) is 0. The highest BCUT2D eigenvalue weighted by molar-refractivity contribution is 7.66. The van der Waals surface area contributed by atoms with Crippen LogP contribution in [0.25, 0.3) is 11.2 Å². The average molecular weight is 549 g/mol. The summed E-state index contributed by atoms with van der Waals surface area (Å²) in [5.74, 6) is -0.938. The monoisotopic (exact) mass is 549 g/mol. The number of phosphoric ester groups is 1. The van der Waals surface area contributed by atoms with E-state index in [0.717, 1.165) is 13.3 Å². The Hall–Kier alpha value is -2.01. The predicted octanol–water partition coefficient (Wildman–Crippen LogP) is -0.736. The summed E-state index contributed by atoms with van der Waals surface area (Å²) in [6, 6.07) is 0. The highest BCUT2D eigenvalue weighted by Crippen LogP contribution is 2.66. The number of nitrogens with one attached hydrogen (secondary N) is 1. The fourth-order valence-corrected chi connectivity index (χ4v) is 6.05. The largest absolute Gasteiger partial charge is 0.490 e. The molecule has 3 heterocycles. The zero-order valence-electron chi connectivity index (χ0n) is 16.9. The van der Waals surface area contributed by atoms with Crippen LogP contribution in [-0.2, 0) is 41.1 Å². The minimum absolute atomic E-state index is 0.0167. The normalized spacial score (nSPS) is 24.6. The molecule has 190 valence electrons. The van der Waals surface area contributed by atoms with E-state index in [4.69, 9.17) is 25.0 Å². The first-order valence-corrected chi connectivity index (χ1v) is 13.4. The van der Waals surface area contributed by atoms with E-state index >= 15 is 0 Å². The van der Waals surface area contributed by atoms with E-state index in [0.29, 0.717) is 0 Å². The molecule has 19 nitrogen and oxygen atoms in total. The molecule has 2 unspecified atom stereocenters. The summed E-state index contributed by atoms with van der Waals surface area (Å²) < 4.78 is 57.9. The third-order valence-corrected chi connectivity index (χ3v) is 7.83. The van der Waals surface area contributed by atoms with E-state index in [2.05, 4.69) is 28.1 Å². The molecule has 34 heavy (non-hydrogen) atoms. The molecule has 0 aliphatic carbocycles. The van der Waals surface area contributed by atoms with Crippen LogP contribution >= 0.6 is 23.5 Å². The van der Waals surface area contributed by atoms with Gasteiger partial charge in [-0.1, -0.05) is 0 Å². The minimum Gasteiger partial charge on any atom is -0.458 e. The second-order valence-electron chi connectivity index (χ2n) is 6.69. The number of ether oxygens (including phenoxy) is 2. The molecule has 1 aliphatic rings. The van der Waals surface area contributed by atoms with Crippen LogP contribution in [0.3, 0.4) is 0 Å². The van der Waals surface area contributed by atoms with Crippen molar-refractivity contribution in [3.05, 3.63) is 16.7 Å². The highest BCUT2D eigenvalue weighted by Gasteiger charge is 2.44. The molecule has 0 bridgehead atoms. The van der Waals surface area contributed by atoms with Crippen LogP contribution < -0.4 is 11.3 Å². The Morgan fingerprint density at radius 3 is 2.56 bits per heavy atom. The number of rotatable bonds is 9. The number of fused-ring (bicyclic) bond motifs is 1. The maximum atomic E-state index is 12.0. The molecule has 3 rings (SSSR count). The first-order valence-electron chi connectivity index (χ1n) is 8.88. The lowest BCUT2D eigenvalue weighted by Crippen LogP contribution is -2.25. The van der Waals surface area contributed by atoms with Gasteiger partial charge in [0.25, 0.3) is 5.56 Å². The zero-order valence-corrected chi connectivity index (χ0v) is 19.5. The molecule has 2 aromatic heterocycles. The molecule has 1 fully saturated rings. The predicted molar refractivity (Wildman–Crippen MR) is 106 cm³/mol. The fraction of sp³-hybridized carbons (Fsp3) is 0.500. The topological polar surface area (TPSA) is 285 Å². The number of nitrogens with zero attached hydrogens (tertiary/aromatic N) is 3. The van der Waals surface area contributed by atoms with Crippen molar-refractivity contribution in [2.75, 3.05) is 12.3 Å². The Kier molecular flexibility index (Phi) is 7.48. The van der Waals surface area contributed by atoms with Crippen LogP contribution in [0.2, 0.25) is 0 Å². The third kappa shape index (κ3) is 6.78. The van der Waals surface area contributed by atoms with Gasteiger partial charge in [-0.05, 0) is 0 Å². The van der Waals surface area contributed by atoms with Crippen LogP contribution in [0, 0.1) is 0 Å². The number of nitrogens with two attached hydrogens (primary N) is 1. The Morgan fingerprint density at radius 2 is 1.94 bits per heavy atom. The molecule has 1 saturated heterocycles. The first-order chi connectivity index (χ1) is 15.6. The molecule has 0 aromatic carbocycles. The average Bonchev–Trinajstić information content (AvgIpc) is 3.20. The lowest BCUT2D eigenvalue weighted by molar-refractivity contribution is -0.152. The Labute approximate surface area is 188 Å². The highest BCUT2D eigenvalue weighted by atomic mass is 31.3. The molecule has 2 aromatic rings.